The normalized spacial score (nSPS) is 11.1. The number of likely N-dealkylation sites (N-methyl/N-ethyl adjacent to an activating group) is 1. The molecule has 0 amide bonds. The Morgan fingerprint density at radius 2 is 2.00 bits per heavy atom. The van der Waals surface area contributed by atoms with Crippen molar-refractivity contribution in [3.05, 3.63) is 59.1 Å². The van der Waals surface area contributed by atoms with E-state index in [-0.39, 0.29) is 17.9 Å². The standard InChI is InChI=1S/C15H15F2NO2/c1-10-12(5-6-20-10)8-18(2)9-15(19)11-3-4-13(16)14(17)7-11/h3-7H,8-9H2,1-2H3. The molecule has 1 aromatic heterocycles. The number of carbonyl (C=O) groups is 1. The topological polar surface area (TPSA) is 33.5 Å². The molecule has 5 heteroatoms. The lowest BCUT2D eigenvalue weighted by molar-refractivity contribution is 0.0942. The minimum Gasteiger partial charge on any atom is -0.469 e. The van der Waals surface area contributed by atoms with Gasteiger partial charge in [-0.3, -0.25) is 9.69 Å². The average Bonchev–Trinajstić information content (AvgIpc) is 2.78. The van der Waals surface area contributed by atoms with Crippen LogP contribution in [0.2, 0.25) is 0 Å². The summed E-state index contributed by atoms with van der Waals surface area (Å²) in [5.41, 5.74) is 1.16. The summed E-state index contributed by atoms with van der Waals surface area (Å²) < 4.78 is 31.1. The van der Waals surface area contributed by atoms with E-state index in [4.69, 9.17) is 4.42 Å². The Bertz CT molecular complexity index is 622. The molecule has 0 aliphatic heterocycles. The van der Waals surface area contributed by atoms with Gasteiger partial charge in [-0.1, -0.05) is 0 Å². The van der Waals surface area contributed by atoms with Crippen LogP contribution in [0, 0.1) is 18.6 Å². The van der Waals surface area contributed by atoms with Gasteiger partial charge < -0.3 is 4.42 Å². The molecular formula is C15H15F2NO2. The monoisotopic (exact) mass is 279 g/mol. The number of halogens is 2. The fourth-order valence-corrected chi connectivity index (χ4v) is 1.93. The molecule has 0 aliphatic rings. The van der Waals surface area contributed by atoms with Crippen LogP contribution in [0.4, 0.5) is 8.78 Å². The largest absolute Gasteiger partial charge is 0.469 e. The molecule has 0 saturated carbocycles. The first-order chi connectivity index (χ1) is 9.47. The van der Waals surface area contributed by atoms with Gasteiger partial charge in [-0.25, -0.2) is 8.78 Å². The van der Waals surface area contributed by atoms with Crippen molar-refractivity contribution in [2.24, 2.45) is 0 Å². The number of benzene rings is 1. The third-order valence-electron chi connectivity index (χ3n) is 3.06. The molecule has 2 rings (SSSR count). The third-order valence-corrected chi connectivity index (χ3v) is 3.06. The van der Waals surface area contributed by atoms with Gasteiger partial charge in [0.2, 0.25) is 0 Å². The summed E-state index contributed by atoms with van der Waals surface area (Å²) in [7, 11) is 1.78. The average molecular weight is 279 g/mol. The van der Waals surface area contributed by atoms with Gasteiger partial charge in [0.15, 0.2) is 17.4 Å². The maximum Gasteiger partial charge on any atom is 0.176 e. The van der Waals surface area contributed by atoms with Gasteiger partial charge in [0.05, 0.1) is 12.8 Å². The van der Waals surface area contributed by atoms with Crippen molar-refractivity contribution in [3.8, 4) is 0 Å². The Hall–Kier alpha value is -2.01. The van der Waals surface area contributed by atoms with E-state index in [1.165, 1.54) is 6.07 Å². The van der Waals surface area contributed by atoms with E-state index < -0.39 is 11.6 Å². The highest BCUT2D eigenvalue weighted by atomic mass is 19.2. The summed E-state index contributed by atoms with van der Waals surface area (Å²) in [5, 5.41) is 0. The first kappa shape index (κ1) is 14.4. The fourth-order valence-electron chi connectivity index (χ4n) is 1.93. The molecule has 0 radical (unpaired) electrons. The fraction of sp³-hybridized carbons (Fsp3) is 0.267. The van der Waals surface area contributed by atoms with Gasteiger partial charge in [0, 0.05) is 17.7 Å². The molecule has 0 atom stereocenters. The number of aryl methyl sites for hydroxylation is 1. The second-order valence-corrected chi connectivity index (χ2v) is 4.73. The summed E-state index contributed by atoms with van der Waals surface area (Å²) in [4.78, 5) is 13.8. The Kier molecular flexibility index (Phi) is 4.29. The zero-order valence-electron chi connectivity index (χ0n) is 11.3. The molecule has 0 fully saturated rings. The first-order valence-electron chi connectivity index (χ1n) is 6.17. The zero-order valence-corrected chi connectivity index (χ0v) is 11.3. The number of Topliss-reactive ketones (excluding diaryl/α,β-unsaturated/α-hetero) is 1. The number of carbonyl (C=O) groups excluding carboxylic acids is 1. The Morgan fingerprint density at radius 3 is 2.60 bits per heavy atom. The molecule has 3 nitrogen and oxygen atoms in total. The second-order valence-electron chi connectivity index (χ2n) is 4.73. The Labute approximate surface area is 115 Å². The molecule has 1 heterocycles. The summed E-state index contributed by atoms with van der Waals surface area (Å²) in [5.74, 6) is -1.42. The lowest BCUT2D eigenvalue weighted by Gasteiger charge is -2.15. The van der Waals surface area contributed by atoms with Crippen LogP contribution in [0.1, 0.15) is 21.7 Å². The number of hydrogen-bond donors (Lipinski definition) is 0. The number of furan rings is 1. The molecule has 0 saturated heterocycles. The van der Waals surface area contributed by atoms with Crippen LogP contribution in [0.3, 0.4) is 0 Å². The van der Waals surface area contributed by atoms with Crippen LogP contribution < -0.4 is 0 Å². The van der Waals surface area contributed by atoms with E-state index in [0.29, 0.717) is 6.54 Å². The van der Waals surface area contributed by atoms with Crippen molar-refractivity contribution < 1.29 is 18.0 Å². The van der Waals surface area contributed by atoms with Crippen molar-refractivity contribution in [1.82, 2.24) is 4.90 Å². The summed E-state index contributed by atoms with van der Waals surface area (Å²) in [6.07, 6.45) is 1.59. The lowest BCUT2D eigenvalue weighted by Crippen LogP contribution is -2.25. The van der Waals surface area contributed by atoms with E-state index in [2.05, 4.69) is 0 Å². The van der Waals surface area contributed by atoms with E-state index >= 15 is 0 Å². The maximum absolute atomic E-state index is 13.1. The summed E-state index contributed by atoms with van der Waals surface area (Å²) >= 11 is 0. The maximum atomic E-state index is 13.1. The minimum absolute atomic E-state index is 0.121. The van der Waals surface area contributed by atoms with E-state index in [9.17, 15) is 13.6 Å². The minimum atomic E-state index is -1.01. The Balaban J connectivity index is 2.00. The predicted octanol–water partition coefficient (Wildman–Crippen LogP) is 3.18. The first-order valence-corrected chi connectivity index (χ1v) is 6.17. The number of nitrogens with zero attached hydrogens (tertiary/aromatic N) is 1. The summed E-state index contributed by atoms with van der Waals surface area (Å²) in [6.45, 7) is 2.52. The van der Waals surface area contributed by atoms with Crippen LogP contribution in [0.15, 0.2) is 34.9 Å². The molecule has 0 N–H and O–H groups in total. The molecular weight excluding hydrogens is 264 g/mol. The van der Waals surface area contributed by atoms with Crippen molar-refractivity contribution >= 4 is 5.78 Å². The SMILES string of the molecule is Cc1occc1CN(C)CC(=O)c1ccc(F)c(F)c1. The third kappa shape index (κ3) is 3.30. The van der Waals surface area contributed by atoms with Crippen LogP contribution in [0.5, 0.6) is 0 Å². The Morgan fingerprint density at radius 1 is 1.25 bits per heavy atom. The van der Waals surface area contributed by atoms with Gasteiger partial charge in [-0.15, -0.1) is 0 Å². The van der Waals surface area contributed by atoms with E-state index in [1.807, 2.05) is 13.0 Å². The van der Waals surface area contributed by atoms with Crippen LogP contribution in [0.25, 0.3) is 0 Å². The van der Waals surface area contributed by atoms with E-state index in [1.54, 1.807) is 18.2 Å². The zero-order chi connectivity index (χ0) is 14.7. The van der Waals surface area contributed by atoms with Gasteiger partial charge in [-0.05, 0) is 38.2 Å². The van der Waals surface area contributed by atoms with Gasteiger partial charge in [0.1, 0.15) is 5.76 Å². The second kappa shape index (κ2) is 5.96. The van der Waals surface area contributed by atoms with Crippen molar-refractivity contribution in [2.75, 3.05) is 13.6 Å². The van der Waals surface area contributed by atoms with Gasteiger partial charge >= 0.3 is 0 Å². The highest BCUT2D eigenvalue weighted by molar-refractivity contribution is 5.97. The summed E-state index contributed by atoms with van der Waals surface area (Å²) in [6, 6.07) is 5.02. The van der Waals surface area contributed by atoms with Crippen molar-refractivity contribution in [3.63, 3.8) is 0 Å². The number of hydrogen-bond acceptors (Lipinski definition) is 3. The molecule has 1 aromatic carbocycles. The molecule has 106 valence electrons. The van der Waals surface area contributed by atoms with Crippen LogP contribution in [-0.4, -0.2) is 24.3 Å². The van der Waals surface area contributed by atoms with Crippen molar-refractivity contribution in [1.29, 1.82) is 0 Å². The number of ketones is 1. The van der Waals surface area contributed by atoms with Crippen LogP contribution in [-0.2, 0) is 6.54 Å². The molecule has 2 aromatic rings. The molecule has 0 aliphatic carbocycles. The molecule has 0 spiro atoms. The molecule has 20 heavy (non-hydrogen) atoms. The van der Waals surface area contributed by atoms with Gasteiger partial charge in [-0.2, -0.15) is 0 Å². The smallest absolute Gasteiger partial charge is 0.176 e. The highest BCUT2D eigenvalue weighted by Crippen LogP contribution is 2.13. The lowest BCUT2D eigenvalue weighted by atomic mass is 10.1. The predicted molar refractivity (Wildman–Crippen MR) is 70.5 cm³/mol. The molecule has 0 bridgehead atoms. The van der Waals surface area contributed by atoms with Gasteiger partial charge in [0.25, 0.3) is 0 Å². The quantitative estimate of drug-likeness (QED) is 0.788. The van der Waals surface area contributed by atoms with Crippen molar-refractivity contribution in [2.45, 2.75) is 13.5 Å². The highest BCUT2D eigenvalue weighted by Gasteiger charge is 2.13. The number of rotatable bonds is 5. The van der Waals surface area contributed by atoms with E-state index in [0.717, 1.165) is 23.5 Å². The van der Waals surface area contributed by atoms with Crippen LogP contribution >= 0.6 is 0 Å². The molecule has 0 unspecified atom stereocenters.